The van der Waals surface area contributed by atoms with Crippen molar-refractivity contribution in [3.05, 3.63) is 10.4 Å². The molecule has 1 atom stereocenters. The second-order valence-electron chi connectivity index (χ2n) is 4.94. The van der Waals surface area contributed by atoms with Crippen LogP contribution in [0.25, 0.3) is 0 Å². The highest BCUT2D eigenvalue weighted by atomic mass is 32.1. The van der Waals surface area contributed by atoms with E-state index in [1.165, 1.54) is 0 Å². The van der Waals surface area contributed by atoms with Crippen molar-refractivity contribution >= 4 is 33.8 Å². The van der Waals surface area contributed by atoms with Gasteiger partial charge < -0.3 is 27.4 Å². The van der Waals surface area contributed by atoms with E-state index in [0.29, 0.717) is 17.6 Å². The molecule has 7 N–H and O–H groups in total. The zero-order chi connectivity index (χ0) is 16.2. The summed E-state index contributed by atoms with van der Waals surface area (Å²) in [7, 11) is 2.03. The normalized spacial score (nSPS) is 12.4. The number of nitrogens with two attached hydrogens (primary N) is 3. The largest absolute Gasteiger partial charge is 0.397 e. The average molecular weight is 313 g/mol. The molecule has 0 bridgehead atoms. The lowest BCUT2D eigenvalue weighted by Gasteiger charge is -2.23. The predicted molar refractivity (Wildman–Crippen MR) is 86.6 cm³/mol. The molecule has 0 saturated carbocycles. The smallest absolute Gasteiger partial charge is 0.260 e. The molecule has 21 heavy (non-hydrogen) atoms. The summed E-state index contributed by atoms with van der Waals surface area (Å²) < 4.78 is 0. The topological polar surface area (TPSA) is 127 Å². The number of carbonyl (C=O) groups excluding carboxylic acids is 2. The molecule has 118 valence electrons. The van der Waals surface area contributed by atoms with Crippen LogP contribution in [0.4, 0.5) is 10.7 Å². The Labute approximate surface area is 128 Å². The zero-order valence-electron chi connectivity index (χ0n) is 12.6. The van der Waals surface area contributed by atoms with Gasteiger partial charge in [-0.3, -0.25) is 9.59 Å². The van der Waals surface area contributed by atoms with Crippen LogP contribution in [-0.2, 0) is 0 Å². The first-order chi connectivity index (χ1) is 9.79. The molecule has 1 unspecified atom stereocenters. The molecular formula is C13H23N5O2S. The summed E-state index contributed by atoms with van der Waals surface area (Å²) in [6.07, 6.45) is 1.06. The number of nitrogen functional groups attached to an aromatic ring is 1. The lowest BCUT2D eigenvalue weighted by molar-refractivity contribution is 0.0999. The van der Waals surface area contributed by atoms with E-state index in [4.69, 9.17) is 17.2 Å². The van der Waals surface area contributed by atoms with Gasteiger partial charge in [0.15, 0.2) is 0 Å². The van der Waals surface area contributed by atoms with Crippen LogP contribution in [-0.4, -0.2) is 42.9 Å². The molecule has 1 aromatic rings. The third-order valence-electron chi connectivity index (χ3n) is 3.51. The SMILES string of the molecule is CCC(C)N(C)CCNc1sc(C(N)=O)c(N)c1C(N)=O. The highest BCUT2D eigenvalue weighted by Gasteiger charge is 2.22. The zero-order valence-corrected chi connectivity index (χ0v) is 13.4. The molecule has 1 aromatic heterocycles. The number of hydrogen-bond acceptors (Lipinski definition) is 6. The Kier molecular flexibility index (Phi) is 5.98. The number of carbonyl (C=O) groups is 2. The Morgan fingerprint density at radius 2 is 1.95 bits per heavy atom. The van der Waals surface area contributed by atoms with E-state index in [2.05, 4.69) is 24.1 Å². The van der Waals surface area contributed by atoms with Crippen molar-refractivity contribution in [2.24, 2.45) is 11.5 Å². The fraction of sp³-hybridized carbons (Fsp3) is 0.538. The number of likely N-dealkylation sites (N-methyl/N-ethyl adjacent to an activating group) is 1. The summed E-state index contributed by atoms with van der Waals surface area (Å²) in [6.45, 7) is 5.66. The average Bonchev–Trinajstić information content (AvgIpc) is 2.74. The standard InChI is InChI=1S/C13H23N5O2S/c1-4-7(2)18(3)6-5-17-13-8(11(15)19)9(14)10(21-13)12(16)20/h7,17H,4-6,14H2,1-3H3,(H2,15,19)(H2,16,20). The van der Waals surface area contributed by atoms with E-state index < -0.39 is 11.8 Å². The van der Waals surface area contributed by atoms with Gasteiger partial charge in [-0.15, -0.1) is 11.3 Å². The van der Waals surface area contributed by atoms with Crippen LogP contribution < -0.4 is 22.5 Å². The Balaban J connectivity index is 2.81. The molecular weight excluding hydrogens is 290 g/mol. The molecule has 1 rings (SSSR count). The molecule has 0 spiro atoms. The molecule has 0 aliphatic heterocycles. The number of nitrogens with one attached hydrogen (secondary N) is 1. The lowest BCUT2D eigenvalue weighted by Crippen LogP contribution is -2.32. The molecule has 7 nitrogen and oxygen atoms in total. The van der Waals surface area contributed by atoms with Gasteiger partial charge in [-0.1, -0.05) is 6.92 Å². The second-order valence-corrected chi connectivity index (χ2v) is 5.96. The minimum absolute atomic E-state index is 0.0535. The second kappa shape index (κ2) is 7.28. The first kappa shape index (κ1) is 17.3. The van der Waals surface area contributed by atoms with Crippen LogP contribution in [0.3, 0.4) is 0 Å². The third kappa shape index (κ3) is 4.08. The van der Waals surface area contributed by atoms with E-state index in [0.717, 1.165) is 24.3 Å². The van der Waals surface area contributed by atoms with Gasteiger partial charge >= 0.3 is 0 Å². The molecule has 1 heterocycles. The van der Waals surface area contributed by atoms with Gasteiger partial charge in [0.2, 0.25) is 0 Å². The fourth-order valence-electron chi connectivity index (χ4n) is 1.87. The van der Waals surface area contributed by atoms with Crippen molar-refractivity contribution in [1.82, 2.24) is 4.90 Å². The Bertz CT molecular complexity index is 529. The van der Waals surface area contributed by atoms with E-state index in [1.54, 1.807) is 0 Å². The first-order valence-electron chi connectivity index (χ1n) is 6.75. The van der Waals surface area contributed by atoms with Gasteiger partial charge in [0.1, 0.15) is 9.88 Å². The van der Waals surface area contributed by atoms with Crippen LogP contribution in [0.15, 0.2) is 0 Å². The summed E-state index contributed by atoms with van der Waals surface area (Å²) in [5, 5.41) is 3.60. The fourth-order valence-corrected chi connectivity index (χ4v) is 2.88. The van der Waals surface area contributed by atoms with Crippen molar-refractivity contribution in [2.75, 3.05) is 31.2 Å². The highest BCUT2D eigenvalue weighted by Crippen LogP contribution is 2.34. The maximum Gasteiger partial charge on any atom is 0.260 e. The summed E-state index contributed by atoms with van der Waals surface area (Å²) in [5.74, 6) is -1.33. The molecule has 0 radical (unpaired) electrons. The number of nitrogens with zero attached hydrogens (tertiary/aromatic N) is 1. The van der Waals surface area contributed by atoms with Crippen LogP contribution in [0.1, 0.15) is 40.3 Å². The Morgan fingerprint density at radius 3 is 2.43 bits per heavy atom. The van der Waals surface area contributed by atoms with E-state index in [1.807, 2.05) is 7.05 Å². The highest BCUT2D eigenvalue weighted by molar-refractivity contribution is 7.19. The molecule has 8 heteroatoms. The molecule has 0 fully saturated rings. The van der Waals surface area contributed by atoms with Crippen molar-refractivity contribution < 1.29 is 9.59 Å². The quantitative estimate of drug-likeness (QED) is 0.561. The number of primary amides is 2. The molecule has 0 aliphatic carbocycles. The summed E-state index contributed by atoms with van der Waals surface area (Å²) in [6, 6.07) is 0.469. The molecule has 0 aromatic carbocycles. The molecule has 0 aliphatic rings. The number of anilines is 2. The van der Waals surface area contributed by atoms with Crippen LogP contribution in [0.5, 0.6) is 0 Å². The third-order valence-corrected chi connectivity index (χ3v) is 4.69. The van der Waals surface area contributed by atoms with Gasteiger partial charge in [-0.25, -0.2) is 0 Å². The monoisotopic (exact) mass is 313 g/mol. The van der Waals surface area contributed by atoms with E-state index >= 15 is 0 Å². The summed E-state index contributed by atoms with van der Waals surface area (Å²) >= 11 is 1.06. The molecule has 2 amide bonds. The Morgan fingerprint density at radius 1 is 1.33 bits per heavy atom. The number of hydrogen-bond donors (Lipinski definition) is 4. The minimum Gasteiger partial charge on any atom is -0.397 e. The summed E-state index contributed by atoms with van der Waals surface area (Å²) in [4.78, 5) is 25.1. The van der Waals surface area contributed by atoms with Crippen LogP contribution in [0.2, 0.25) is 0 Å². The van der Waals surface area contributed by atoms with Gasteiger partial charge in [0, 0.05) is 19.1 Å². The van der Waals surface area contributed by atoms with Gasteiger partial charge in [0.25, 0.3) is 11.8 Å². The number of thiophene rings is 1. The van der Waals surface area contributed by atoms with Crippen molar-refractivity contribution in [1.29, 1.82) is 0 Å². The molecule has 0 saturated heterocycles. The maximum absolute atomic E-state index is 11.5. The number of rotatable bonds is 8. The van der Waals surface area contributed by atoms with Crippen molar-refractivity contribution in [2.45, 2.75) is 26.3 Å². The van der Waals surface area contributed by atoms with Gasteiger partial charge in [-0.05, 0) is 20.4 Å². The van der Waals surface area contributed by atoms with E-state index in [-0.39, 0.29) is 16.1 Å². The lowest BCUT2D eigenvalue weighted by atomic mass is 10.2. The van der Waals surface area contributed by atoms with Crippen LogP contribution in [0, 0.1) is 0 Å². The van der Waals surface area contributed by atoms with Crippen molar-refractivity contribution in [3.8, 4) is 0 Å². The maximum atomic E-state index is 11.5. The van der Waals surface area contributed by atoms with Crippen molar-refractivity contribution in [3.63, 3.8) is 0 Å². The number of amides is 2. The van der Waals surface area contributed by atoms with Gasteiger partial charge in [0.05, 0.1) is 11.3 Å². The van der Waals surface area contributed by atoms with Crippen LogP contribution >= 0.6 is 11.3 Å². The van der Waals surface area contributed by atoms with Gasteiger partial charge in [-0.2, -0.15) is 0 Å². The predicted octanol–water partition coefficient (Wildman–Crippen LogP) is 0.670. The summed E-state index contributed by atoms with van der Waals surface area (Å²) in [5.41, 5.74) is 16.5. The van der Waals surface area contributed by atoms with E-state index in [9.17, 15) is 9.59 Å². The Hall–Kier alpha value is -1.80. The first-order valence-corrected chi connectivity index (χ1v) is 7.57. The minimum atomic E-state index is -0.672.